The van der Waals surface area contributed by atoms with Gasteiger partial charge in [0, 0.05) is 17.6 Å². The van der Waals surface area contributed by atoms with Crippen LogP contribution in [0.4, 0.5) is 13.2 Å². The van der Waals surface area contributed by atoms with Gasteiger partial charge in [0.15, 0.2) is 0 Å². The lowest BCUT2D eigenvalue weighted by atomic mass is 10.2. The number of hydrogen-bond acceptors (Lipinski definition) is 4. The Hall–Kier alpha value is -1.51. The number of halogens is 4. The van der Waals surface area contributed by atoms with Crippen molar-refractivity contribution in [3.05, 3.63) is 28.8 Å². The predicted octanol–water partition coefficient (Wildman–Crippen LogP) is 3.41. The van der Waals surface area contributed by atoms with Crippen LogP contribution in [0.25, 0.3) is 0 Å². The molecule has 0 aromatic heterocycles. The third-order valence-corrected chi connectivity index (χ3v) is 4.24. The highest BCUT2D eigenvalue weighted by Crippen LogP contribution is 2.32. The van der Waals surface area contributed by atoms with Gasteiger partial charge in [-0.25, -0.2) is 4.79 Å². The summed E-state index contributed by atoms with van der Waals surface area (Å²) in [5.74, 6) is -1.21. The second-order valence-corrected chi connectivity index (χ2v) is 6.62. The van der Waals surface area contributed by atoms with E-state index in [9.17, 15) is 18.3 Å². The van der Waals surface area contributed by atoms with Crippen LogP contribution < -0.4 is 10.1 Å². The third-order valence-electron chi connectivity index (χ3n) is 3.82. The molecule has 26 heavy (non-hydrogen) atoms. The number of aryl methyl sites for hydroxylation is 1. The van der Waals surface area contributed by atoms with Gasteiger partial charge in [0.1, 0.15) is 18.5 Å². The number of aliphatic hydroxyl groups is 1. The Bertz CT molecular complexity index is 594. The fourth-order valence-electron chi connectivity index (χ4n) is 2.04. The summed E-state index contributed by atoms with van der Waals surface area (Å²) in [7, 11) is 0. The van der Waals surface area contributed by atoms with Crippen molar-refractivity contribution in [1.82, 2.24) is 5.32 Å². The molecule has 1 aliphatic carbocycles. The summed E-state index contributed by atoms with van der Waals surface area (Å²) in [4.78, 5) is 8.90. The molecular formula is C17H23ClF3NO4. The highest BCUT2D eigenvalue weighted by Gasteiger charge is 2.38. The van der Waals surface area contributed by atoms with Crippen molar-refractivity contribution in [2.75, 3.05) is 13.2 Å². The van der Waals surface area contributed by atoms with E-state index >= 15 is 0 Å². The molecule has 0 spiro atoms. The minimum atomic E-state index is -5.08. The summed E-state index contributed by atoms with van der Waals surface area (Å²) >= 11 is 5.95. The third kappa shape index (κ3) is 8.73. The van der Waals surface area contributed by atoms with Gasteiger partial charge in [-0.05, 0) is 56.4 Å². The first-order valence-corrected chi connectivity index (χ1v) is 8.49. The van der Waals surface area contributed by atoms with Gasteiger partial charge < -0.3 is 20.3 Å². The molecule has 9 heteroatoms. The van der Waals surface area contributed by atoms with Crippen LogP contribution in [0, 0.1) is 12.8 Å². The molecule has 0 bridgehead atoms. The number of benzene rings is 1. The van der Waals surface area contributed by atoms with E-state index in [1.165, 1.54) is 12.8 Å². The van der Waals surface area contributed by atoms with Crippen molar-refractivity contribution < 1.29 is 32.9 Å². The monoisotopic (exact) mass is 397 g/mol. The number of nitrogens with one attached hydrogen (secondary N) is 1. The molecule has 1 aliphatic rings. The minimum absolute atomic E-state index is 0.297. The van der Waals surface area contributed by atoms with Crippen molar-refractivity contribution in [3.63, 3.8) is 0 Å². The van der Waals surface area contributed by atoms with E-state index in [1.807, 2.05) is 25.1 Å². The zero-order valence-electron chi connectivity index (χ0n) is 14.5. The number of carboxylic acids is 1. The fourth-order valence-corrected chi connectivity index (χ4v) is 2.16. The molecule has 5 nitrogen and oxygen atoms in total. The number of aliphatic carboxylic acids is 1. The SMILES string of the molecule is Cc1cc(OCC(O)CNC(C)C2CC2)ccc1Cl.O=C(O)C(F)(F)F. The Kier molecular flexibility index (Phi) is 8.66. The molecule has 0 aliphatic heterocycles. The molecule has 1 aromatic carbocycles. The zero-order chi connectivity index (χ0) is 19.9. The smallest absolute Gasteiger partial charge is 0.490 e. The molecule has 0 heterocycles. The Balaban J connectivity index is 0.000000412. The Morgan fingerprint density at radius 2 is 2.00 bits per heavy atom. The average molecular weight is 398 g/mol. The van der Waals surface area contributed by atoms with E-state index < -0.39 is 18.2 Å². The Morgan fingerprint density at radius 1 is 1.42 bits per heavy atom. The van der Waals surface area contributed by atoms with Gasteiger partial charge in [0.25, 0.3) is 0 Å². The molecule has 1 fully saturated rings. The summed E-state index contributed by atoms with van der Waals surface area (Å²) in [6.45, 7) is 4.98. The lowest BCUT2D eigenvalue weighted by molar-refractivity contribution is -0.192. The first-order chi connectivity index (χ1) is 12.0. The molecule has 2 unspecified atom stereocenters. The maximum atomic E-state index is 10.6. The van der Waals surface area contributed by atoms with Crippen molar-refractivity contribution in [2.24, 2.45) is 5.92 Å². The van der Waals surface area contributed by atoms with Crippen LogP contribution in [0.2, 0.25) is 5.02 Å². The standard InChI is InChI=1S/C15H22ClNO2.C2HF3O2/c1-10-7-14(5-6-15(10)16)19-9-13(18)8-17-11(2)12-3-4-12;3-2(4,5)1(6)7/h5-7,11-13,17-18H,3-4,8-9H2,1-2H3;(H,6,7). The molecule has 1 saturated carbocycles. The van der Waals surface area contributed by atoms with Crippen LogP contribution in [0.3, 0.4) is 0 Å². The number of alkyl halides is 3. The van der Waals surface area contributed by atoms with Gasteiger partial charge in [0.2, 0.25) is 0 Å². The van der Waals surface area contributed by atoms with Gasteiger partial charge >= 0.3 is 12.1 Å². The molecule has 148 valence electrons. The molecule has 0 saturated heterocycles. The summed E-state index contributed by atoms with van der Waals surface area (Å²) < 4.78 is 37.3. The quantitative estimate of drug-likeness (QED) is 0.657. The largest absolute Gasteiger partial charge is 0.491 e. The maximum Gasteiger partial charge on any atom is 0.490 e. The Morgan fingerprint density at radius 3 is 2.46 bits per heavy atom. The second kappa shape index (κ2) is 9.99. The minimum Gasteiger partial charge on any atom is -0.491 e. The van der Waals surface area contributed by atoms with Crippen LogP contribution in [0.1, 0.15) is 25.3 Å². The van der Waals surface area contributed by atoms with Crippen molar-refractivity contribution >= 4 is 17.6 Å². The van der Waals surface area contributed by atoms with Crippen molar-refractivity contribution in [3.8, 4) is 5.75 Å². The zero-order valence-corrected chi connectivity index (χ0v) is 15.3. The van der Waals surface area contributed by atoms with Crippen LogP contribution in [0.5, 0.6) is 5.75 Å². The van der Waals surface area contributed by atoms with E-state index in [0.29, 0.717) is 19.2 Å². The van der Waals surface area contributed by atoms with E-state index in [0.717, 1.165) is 22.3 Å². The van der Waals surface area contributed by atoms with E-state index in [-0.39, 0.29) is 0 Å². The normalized spacial score (nSPS) is 16.3. The first-order valence-electron chi connectivity index (χ1n) is 8.11. The highest BCUT2D eigenvalue weighted by molar-refractivity contribution is 6.31. The first kappa shape index (κ1) is 22.5. The second-order valence-electron chi connectivity index (χ2n) is 6.21. The summed E-state index contributed by atoms with van der Waals surface area (Å²) in [5, 5.41) is 21.1. The number of carboxylic acid groups (broad SMARTS) is 1. The number of carbonyl (C=O) groups is 1. The summed E-state index contributed by atoms with van der Waals surface area (Å²) in [6.07, 6.45) is -2.95. The number of hydrogen-bond donors (Lipinski definition) is 3. The maximum absolute atomic E-state index is 10.6. The predicted molar refractivity (Wildman–Crippen MR) is 91.6 cm³/mol. The molecule has 1 aromatic rings. The molecular weight excluding hydrogens is 375 g/mol. The van der Waals surface area contributed by atoms with Crippen LogP contribution >= 0.6 is 11.6 Å². The number of aliphatic hydroxyl groups excluding tert-OH is 1. The summed E-state index contributed by atoms with van der Waals surface area (Å²) in [5.41, 5.74) is 0.981. The molecule has 0 radical (unpaired) electrons. The van der Waals surface area contributed by atoms with Crippen molar-refractivity contribution in [2.45, 2.75) is 45.0 Å². The topological polar surface area (TPSA) is 78.8 Å². The average Bonchev–Trinajstić information content (AvgIpc) is 3.38. The summed E-state index contributed by atoms with van der Waals surface area (Å²) in [6, 6.07) is 6.01. The molecule has 2 atom stereocenters. The lowest BCUT2D eigenvalue weighted by Crippen LogP contribution is -2.37. The molecule has 0 amide bonds. The highest BCUT2D eigenvalue weighted by atomic mass is 35.5. The van der Waals surface area contributed by atoms with Crippen LogP contribution in [0.15, 0.2) is 18.2 Å². The Labute approximate surface area is 155 Å². The molecule has 3 N–H and O–H groups in total. The van der Waals surface area contributed by atoms with Gasteiger partial charge in [-0.15, -0.1) is 0 Å². The van der Waals surface area contributed by atoms with Crippen LogP contribution in [-0.2, 0) is 4.79 Å². The van der Waals surface area contributed by atoms with E-state index in [1.54, 1.807) is 0 Å². The lowest BCUT2D eigenvalue weighted by Gasteiger charge is -2.17. The number of ether oxygens (including phenoxy) is 1. The van der Waals surface area contributed by atoms with Crippen LogP contribution in [-0.4, -0.2) is 47.7 Å². The van der Waals surface area contributed by atoms with Gasteiger partial charge in [-0.3, -0.25) is 0 Å². The molecule has 2 rings (SSSR count). The van der Waals surface area contributed by atoms with Crippen molar-refractivity contribution in [1.29, 1.82) is 0 Å². The van der Waals surface area contributed by atoms with E-state index in [4.69, 9.17) is 26.2 Å². The fraction of sp³-hybridized carbons (Fsp3) is 0.588. The van der Waals surface area contributed by atoms with Gasteiger partial charge in [0.05, 0.1) is 0 Å². The van der Waals surface area contributed by atoms with Gasteiger partial charge in [-0.1, -0.05) is 11.6 Å². The number of rotatable bonds is 7. The van der Waals surface area contributed by atoms with Gasteiger partial charge in [-0.2, -0.15) is 13.2 Å². The van der Waals surface area contributed by atoms with E-state index in [2.05, 4.69) is 12.2 Å².